The summed E-state index contributed by atoms with van der Waals surface area (Å²) in [7, 11) is 0. The molecule has 34 nitrogen and oxygen atoms in total. The highest BCUT2D eigenvalue weighted by Gasteiger charge is 2.59. The fourth-order valence-corrected chi connectivity index (χ4v) is 9.11. The predicted molar refractivity (Wildman–Crippen MR) is 243 cm³/mol. The highest BCUT2D eigenvalue weighted by atomic mass is 16.8. The lowest BCUT2D eigenvalue weighted by Crippen LogP contribution is -2.68. The van der Waals surface area contributed by atoms with Crippen LogP contribution in [0.25, 0.3) is 0 Å². The van der Waals surface area contributed by atoms with E-state index < -0.39 is 234 Å². The van der Waals surface area contributed by atoms with Gasteiger partial charge >= 0.3 is 47.8 Å². The van der Waals surface area contributed by atoms with E-state index in [1.54, 1.807) is 0 Å². The quantitative estimate of drug-likeness (QED) is 0.0381. The number of carbonyl (C=O) groups is 8. The van der Waals surface area contributed by atoms with E-state index in [4.69, 9.17) is 80.5 Å². The molecule has 5 fully saturated rings. The second-order valence-electron chi connectivity index (χ2n) is 18.7. The molecule has 80 heavy (non-hydrogen) atoms. The van der Waals surface area contributed by atoms with Crippen LogP contribution in [0.5, 0.6) is 0 Å². The Bertz CT molecular complexity index is 2130. The van der Waals surface area contributed by atoms with Gasteiger partial charge in [-0.3, -0.25) is 38.4 Å². The van der Waals surface area contributed by atoms with Gasteiger partial charge in [0.1, 0.15) is 86.0 Å². The second-order valence-corrected chi connectivity index (χ2v) is 18.7. The van der Waals surface area contributed by atoms with Crippen LogP contribution >= 0.6 is 0 Å². The second kappa shape index (κ2) is 29.3. The van der Waals surface area contributed by atoms with Crippen molar-refractivity contribution in [1.29, 1.82) is 0 Å². The molecule has 5 rings (SSSR count). The van der Waals surface area contributed by atoms with Crippen molar-refractivity contribution >= 4 is 47.8 Å². The standard InChI is InChI=1S/C46H68O34/c1-14(49)64-11-25-35(68-16(3)51)39(71-19(6)54)33(63)44(77-25)79-37-28(58)23(10-48)75-46(41(37)73-21(8)56)80-45-40(72-20(7)55)31(61)34(67-15(2)50)24(78-45)12-66-43-32(62)38(70-18(5)53)36(69-17(4)52)26(76-43)13-65-42-30(60)29(59)27(57)22(9-47)74-42/h22-48,57-63H,9-13H2,1-8H3. The van der Waals surface area contributed by atoms with E-state index >= 15 is 0 Å². The maximum Gasteiger partial charge on any atom is 0.303 e. The van der Waals surface area contributed by atoms with Gasteiger partial charge in [-0.15, -0.1) is 0 Å². The third-order valence-corrected chi connectivity index (χ3v) is 12.5. The highest BCUT2D eigenvalue weighted by molar-refractivity contribution is 5.69. The van der Waals surface area contributed by atoms with Gasteiger partial charge in [-0.05, 0) is 0 Å². The third kappa shape index (κ3) is 16.8. The topological polar surface area (TPSA) is 476 Å². The van der Waals surface area contributed by atoms with Gasteiger partial charge in [0, 0.05) is 55.4 Å². The average molecular weight is 1170 g/mol. The van der Waals surface area contributed by atoms with Crippen molar-refractivity contribution in [2.24, 2.45) is 0 Å². The molecule has 25 unspecified atom stereocenters. The monoisotopic (exact) mass is 1160 g/mol. The molecule has 5 aliphatic heterocycles. The number of hydrogen-bond acceptors (Lipinski definition) is 34. The van der Waals surface area contributed by atoms with Crippen LogP contribution in [-0.2, 0) is 119 Å². The molecule has 0 aromatic heterocycles. The van der Waals surface area contributed by atoms with Crippen molar-refractivity contribution in [2.45, 2.75) is 209 Å². The van der Waals surface area contributed by atoms with E-state index in [1.807, 2.05) is 0 Å². The lowest BCUT2D eigenvalue weighted by Gasteiger charge is -2.49. The Morgan fingerprint density at radius 2 is 0.650 bits per heavy atom. The first-order valence-corrected chi connectivity index (χ1v) is 24.7. The van der Waals surface area contributed by atoms with Crippen LogP contribution in [0.4, 0.5) is 0 Å². The maximum absolute atomic E-state index is 12.8. The third-order valence-electron chi connectivity index (χ3n) is 12.5. The first-order valence-electron chi connectivity index (χ1n) is 24.7. The van der Waals surface area contributed by atoms with Crippen molar-refractivity contribution in [1.82, 2.24) is 0 Å². The van der Waals surface area contributed by atoms with Crippen LogP contribution in [0.1, 0.15) is 55.4 Å². The Labute approximate surface area is 454 Å². The van der Waals surface area contributed by atoms with Crippen molar-refractivity contribution in [3.8, 4) is 0 Å². The molecule has 0 spiro atoms. The first-order chi connectivity index (χ1) is 37.6. The normalized spacial score (nSPS) is 40.0. The molecule has 5 saturated heterocycles. The summed E-state index contributed by atoms with van der Waals surface area (Å²) >= 11 is 0. The summed E-state index contributed by atoms with van der Waals surface area (Å²) in [6, 6.07) is 0. The minimum absolute atomic E-state index is 0.710. The van der Waals surface area contributed by atoms with E-state index in [0.717, 1.165) is 55.4 Å². The number of aliphatic hydroxyl groups is 9. The van der Waals surface area contributed by atoms with Crippen LogP contribution in [0, 0.1) is 0 Å². The van der Waals surface area contributed by atoms with E-state index in [1.165, 1.54) is 0 Å². The summed E-state index contributed by atoms with van der Waals surface area (Å²) in [4.78, 5) is 99.1. The van der Waals surface area contributed by atoms with Gasteiger partial charge in [0.05, 0.1) is 26.4 Å². The molecule has 0 aliphatic carbocycles. The van der Waals surface area contributed by atoms with Crippen molar-refractivity contribution in [3.63, 3.8) is 0 Å². The van der Waals surface area contributed by atoms with Crippen LogP contribution in [0.2, 0.25) is 0 Å². The smallest absolute Gasteiger partial charge is 0.303 e. The zero-order chi connectivity index (χ0) is 59.6. The summed E-state index contributed by atoms with van der Waals surface area (Å²) in [5, 5.41) is 98.0. The Morgan fingerprint density at radius 1 is 0.300 bits per heavy atom. The van der Waals surface area contributed by atoms with Crippen LogP contribution < -0.4 is 0 Å². The van der Waals surface area contributed by atoms with Gasteiger partial charge in [0.15, 0.2) is 61.6 Å². The molecule has 9 N–H and O–H groups in total. The summed E-state index contributed by atoms with van der Waals surface area (Å²) < 4.78 is 95.3. The van der Waals surface area contributed by atoms with Gasteiger partial charge in [-0.2, -0.15) is 0 Å². The fraction of sp³-hybridized carbons (Fsp3) is 0.826. The summed E-state index contributed by atoms with van der Waals surface area (Å²) in [6.45, 7) is 3.12. The Morgan fingerprint density at radius 3 is 1.14 bits per heavy atom. The molecular formula is C46H68O34. The molecule has 0 aromatic rings. The molecule has 5 aliphatic rings. The summed E-state index contributed by atoms with van der Waals surface area (Å²) in [5.74, 6) is -8.16. The number of carbonyl (C=O) groups excluding carboxylic acids is 8. The largest absolute Gasteiger partial charge is 0.463 e. The number of aliphatic hydroxyl groups excluding tert-OH is 9. The molecule has 34 heteroatoms. The van der Waals surface area contributed by atoms with Gasteiger partial charge < -0.3 is 126 Å². The predicted octanol–water partition coefficient (Wildman–Crippen LogP) is -7.36. The Kier molecular flexibility index (Phi) is 24.1. The Balaban J connectivity index is 1.48. The summed E-state index contributed by atoms with van der Waals surface area (Å²) in [6.07, 6.45) is -47.7. The lowest BCUT2D eigenvalue weighted by atomic mass is 9.96. The average Bonchev–Trinajstić information content (AvgIpc) is 3.53. The molecule has 0 radical (unpaired) electrons. The maximum atomic E-state index is 12.8. The minimum atomic E-state index is -2.17. The lowest BCUT2D eigenvalue weighted by molar-refractivity contribution is -0.395. The van der Waals surface area contributed by atoms with Gasteiger partial charge in [-0.1, -0.05) is 0 Å². The fourth-order valence-electron chi connectivity index (χ4n) is 9.11. The number of esters is 8. The number of ether oxygens (including phenoxy) is 17. The molecule has 456 valence electrons. The Hall–Kier alpha value is -4.96. The first kappa shape index (κ1) is 65.8. The van der Waals surface area contributed by atoms with Gasteiger partial charge in [0.2, 0.25) is 12.6 Å². The summed E-state index contributed by atoms with van der Waals surface area (Å²) in [5.41, 5.74) is 0. The molecular weight excluding hydrogens is 1100 g/mol. The van der Waals surface area contributed by atoms with Crippen LogP contribution in [-0.4, -0.2) is 280 Å². The van der Waals surface area contributed by atoms with Gasteiger partial charge in [-0.25, -0.2) is 0 Å². The van der Waals surface area contributed by atoms with E-state index in [-0.39, 0.29) is 0 Å². The molecule has 0 saturated carbocycles. The SMILES string of the molecule is CC(=O)OCC1OC(OC2C(O)C(CO)OC(OC3OC(COC4OC(COC5OC(CO)C(O)C(O)C5O)C(OC(C)=O)C(OC(C)=O)C4O)C(OC(C)=O)C(O)C3OC(C)=O)C2OC(C)=O)C(O)C(OC(C)=O)C1OC(C)=O. The van der Waals surface area contributed by atoms with E-state index in [2.05, 4.69) is 0 Å². The van der Waals surface area contributed by atoms with E-state index in [9.17, 15) is 84.3 Å². The van der Waals surface area contributed by atoms with Gasteiger partial charge in [0.25, 0.3) is 0 Å². The van der Waals surface area contributed by atoms with Crippen molar-refractivity contribution < 1.29 is 165 Å². The highest BCUT2D eigenvalue weighted by Crippen LogP contribution is 2.37. The molecule has 25 atom stereocenters. The van der Waals surface area contributed by atoms with Crippen molar-refractivity contribution in [2.75, 3.05) is 33.0 Å². The zero-order valence-corrected chi connectivity index (χ0v) is 44.2. The zero-order valence-electron chi connectivity index (χ0n) is 44.2. The van der Waals surface area contributed by atoms with E-state index in [0.29, 0.717) is 0 Å². The van der Waals surface area contributed by atoms with Crippen LogP contribution in [0.15, 0.2) is 0 Å². The van der Waals surface area contributed by atoms with Crippen LogP contribution in [0.3, 0.4) is 0 Å². The molecule has 5 heterocycles. The molecule has 0 bridgehead atoms. The number of rotatable bonds is 21. The van der Waals surface area contributed by atoms with Crippen molar-refractivity contribution in [3.05, 3.63) is 0 Å². The number of hydrogen-bond donors (Lipinski definition) is 9. The minimum Gasteiger partial charge on any atom is -0.463 e. The molecule has 0 amide bonds. The molecule has 0 aromatic carbocycles.